The number of amides is 1. The molecule has 2 N–H and O–H groups in total. The standard InChI is InChI=1S/C23H23ClN2O3S2/c1-15-5-4-6-16(2)22(15)26-31(28,29)21-13-9-19(10-14-21)25-23(27)17(3)30-20-11-7-18(24)8-12-20/h4-14,17,26H,1-3H3,(H,25,27)/t17-/m1/s1. The molecule has 0 aromatic heterocycles. The number of hydrogen-bond acceptors (Lipinski definition) is 4. The average Bonchev–Trinajstić information content (AvgIpc) is 2.73. The highest BCUT2D eigenvalue weighted by Crippen LogP contribution is 2.27. The Bertz CT molecular complexity index is 1160. The highest BCUT2D eigenvalue weighted by Gasteiger charge is 2.18. The largest absolute Gasteiger partial charge is 0.325 e. The zero-order chi connectivity index (χ0) is 22.6. The number of nitrogens with one attached hydrogen (secondary N) is 2. The summed E-state index contributed by atoms with van der Waals surface area (Å²) in [7, 11) is -3.74. The van der Waals surface area contributed by atoms with Gasteiger partial charge >= 0.3 is 0 Å². The van der Waals surface area contributed by atoms with Crippen molar-refractivity contribution in [2.24, 2.45) is 0 Å². The highest BCUT2D eigenvalue weighted by atomic mass is 35.5. The van der Waals surface area contributed by atoms with Crippen LogP contribution >= 0.6 is 23.4 Å². The molecule has 1 amide bonds. The SMILES string of the molecule is Cc1cccc(C)c1NS(=O)(=O)c1ccc(NC(=O)[C@@H](C)Sc2ccc(Cl)cc2)cc1. The minimum atomic E-state index is -3.74. The van der Waals surface area contributed by atoms with E-state index in [9.17, 15) is 13.2 Å². The molecule has 0 saturated carbocycles. The molecule has 3 aromatic rings. The van der Waals surface area contributed by atoms with Gasteiger partial charge in [0.15, 0.2) is 0 Å². The van der Waals surface area contributed by atoms with Crippen molar-refractivity contribution < 1.29 is 13.2 Å². The quantitative estimate of drug-likeness (QED) is 0.419. The number of anilines is 2. The Hall–Kier alpha value is -2.48. The molecule has 0 saturated heterocycles. The molecular formula is C23H23ClN2O3S2. The number of sulfonamides is 1. The minimum absolute atomic E-state index is 0.122. The lowest BCUT2D eigenvalue weighted by Crippen LogP contribution is -2.22. The molecule has 0 fully saturated rings. The second kappa shape index (κ2) is 9.77. The molecule has 0 aliphatic carbocycles. The molecule has 162 valence electrons. The first kappa shape index (κ1) is 23.2. The summed E-state index contributed by atoms with van der Waals surface area (Å²) in [6.45, 7) is 5.52. The number of carbonyl (C=O) groups is 1. The summed E-state index contributed by atoms with van der Waals surface area (Å²) in [6.07, 6.45) is 0. The predicted molar refractivity (Wildman–Crippen MR) is 129 cm³/mol. The Balaban J connectivity index is 1.66. The van der Waals surface area contributed by atoms with Gasteiger partial charge in [0.25, 0.3) is 10.0 Å². The summed E-state index contributed by atoms with van der Waals surface area (Å²) in [5.74, 6) is -0.177. The van der Waals surface area contributed by atoms with E-state index >= 15 is 0 Å². The van der Waals surface area contributed by atoms with Gasteiger partial charge in [0, 0.05) is 15.6 Å². The van der Waals surface area contributed by atoms with E-state index in [-0.39, 0.29) is 16.1 Å². The number of hydrogen-bond donors (Lipinski definition) is 2. The van der Waals surface area contributed by atoms with Gasteiger partial charge < -0.3 is 5.32 Å². The van der Waals surface area contributed by atoms with Gasteiger partial charge in [-0.3, -0.25) is 9.52 Å². The number of aryl methyl sites for hydroxylation is 2. The van der Waals surface area contributed by atoms with Crippen molar-refractivity contribution in [3.05, 3.63) is 82.9 Å². The minimum Gasteiger partial charge on any atom is -0.325 e. The molecule has 31 heavy (non-hydrogen) atoms. The van der Waals surface area contributed by atoms with Crippen LogP contribution in [0.3, 0.4) is 0 Å². The van der Waals surface area contributed by atoms with E-state index in [0.717, 1.165) is 16.0 Å². The third-order valence-corrected chi connectivity index (χ3v) is 7.37. The van der Waals surface area contributed by atoms with Crippen molar-refractivity contribution in [3.8, 4) is 0 Å². The zero-order valence-corrected chi connectivity index (χ0v) is 19.7. The van der Waals surface area contributed by atoms with Gasteiger partial charge in [-0.1, -0.05) is 29.8 Å². The molecule has 3 aromatic carbocycles. The van der Waals surface area contributed by atoms with Crippen LogP contribution in [0.4, 0.5) is 11.4 Å². The van der Waals surface area contributed by atoms with E-state index in [4.69, 9.17) is 11.6 Å². The van der Waals surface area contributed by atoms with Crippen LogP contribution in [0.15, 0.2) is 76.5 Å². The van der Waals surface area contributed by atoms with Gasteiger partial charge in [-0.05, 0) is 80.4 Å². The summed E-state index contributed by atoms with van der Waals surface area (Å²) in [6, 6.07) is 19.0. The molecule has 0 aliphatic heterocycles. The number of rotatable bonds is 7. The molecule has 1 atom stereocenters. The summed E-state index contributed by atoms with van der Waals surface area (Å²) in [5, 5.41) is 3.12. The Morgan fingerprint density at radius 1 is 0.935 bits per heavy atom. The van der Waals surface area contributed by atoms with Crippen molar-refractivity contribution >= 4 is 50.7 Å². The number of benzene rings is 3. The van der Waals surface area contributed by atoms with E-state index < -0.39 is 10.0 Å². The monoisotopic (exact) mass is 474 g/mol. The van der Waals surface area contributed by atoms with E-state index in [0.29, 0.717) is 16.4 Å². The molecule has 0 heterocycles. The van der Waals surface area contributed by atoms with E-state index in [2.05, 4.69) is 10.0 Å². The fraction of sp³-hybridized carbons (Fsp3) is 0.174. The van der Waals surface area contributed by atoms with E-state index in [1.807, 2.05) is 51.1 Å². The smallest absolute Gasteiger partial charge is 0.261 e. The van der Waals surface area contributed by atoms with Crippen LogP contribution in [0.25, 0.3) is 0 Å². The van der Waals surface area contributed by atoms with Crippen molar-refractivity contribution in [1.82, 2.24) is 0 Å². The average molecular weight is 475 g/mol. The third-order valence-electron chi connectivity index (χ3n) is 4.65. The topological polar surface area (TPSA) is 75.3 Å². The predicted octanol–water partition coefficient (Wildman–Crippen LogP) is 5.88. The van der Waals surface area contributed by atoms with Crippen molar-refractivity contribution in [1.29, 1.82) is 0 Å². The first-order valence-corrected chi connectivity index (χ1v) is 12.3. The molecule has 0 aliphatic rings. The normalized spacial score (nSPS) is 12.3. The zero-order valence-electron chi connectivity index (χ0n) is 17.3. The molecular weight excluding hydrogens is 452 g/mol. The molecule has 5 nitrogen and oxygen atoms in total. The fourth-order valence-corrected chi connectivity index (χ4v) is 5.10. The van der Waals surface area contributed by atoms with E-state index in [1.54, 1.807) is 24.3 Å². The van der Waals surface area contributed by atoms with E-state index in [1.165, 1.54) is 23.9 Å². The van der Waals surface area contributed by atoms with Gasteiger partial charge in [-0.15, -0.1) is 11.8 Å². The lowest BCUT2D eigenvalue weighted by molar-refractivity contribution is -0.115. The number of halogens is 1. The number of thioether (sulfide) groups is 1. The second-order valence-electron chi connectivity index (χ2n) is 7.10. The van der Waals surface area contributed by atoms with Crippen molar-refractivity contribution in [2.45, 2.75) is 35.8 Å². The summed E-state index contributed by atoms with van der Waals surface area (Å²) in [5.41, 5.74) is 2.80. The Labute approximate surface area is 192 Å². The molecule has 0 unspecified atom stereocenters. The van der Waals surface area contributed by atoms with Gasteiger partial charge in [0.1, 0.15) is 0 Å². The summed E-state index contributed by atoms with van der Waals surface area (Å²) >= 11 is 7.30. The number of carbonyl (C=O) groups excluding carboxylic acids is 1. The molecule has 8 heteroatoms. The first-order chi connectivity index (χ1) is 14.7. The second-order valence-corrected chi connectivity index (χ2v) is 10.6. The number of para-hydroxylation sites is 1. The van der Waals surface area contributed by atoms with Crippen LogP contribution in [0, 0.1) is 13.8 Å². The fourth-order valence-electron chi connectivity index (χ4n) is 2.90. The van der Waals surface area contributed by atoms with Crippen molar-refractivity contribution in [2.75, 3.05) is 10.0 Å². The van der Waals surface area contributed by atoms with Crippen LogP contribution < -0.4 is 10.0 Å². The maximum absolute atomic E-state index is 12.8. The van der Waals surface area contributed by atoms with Gasteiger partial charge in [-0.2, -0.15) is 0 Å². The van der Waals surface area contributed by atoms with Crippen LogP contribution in [0.1, 0.15) is 18.1 Å². The lowest BCUT2D eigenvalue weighted by Gasteiger charge is -2.14. The highest BCUT2D eigenvalue weighted by molar-refractivity contribution is 8.00. The Morgan fingerprint density at radius 2 is 1.52 bits per heavy atom. The van der Waals surface area contributed by atoms with Gasteiger partial charge in [0.2, 0.25) is 5.91 Å². The van der Waals surface area contributed by atoms with Crippen LogP contribution in [-0.4, -0.2) is 19.6 Å². The van der Waals surface area contributed by atoms with Crippen LogP contribution in [0.2, 0.25) is 5.02 Å². The summed E-state index contributed by atoms with van der Waals surface area (Å²) < 4.78 is 28.2. The lowest BCUT2D eigenvalue weighted by atomic mass is 10.1. The van der Waals surface area contributed by atoms with Crippen LogP contribution in [-0.2, 0) is 14.8 Å². The first-order valence-electron chi connectivity index (χ1n) is 9.58. The van der Waals surface area contributed by atoms with Crippen molar-refractivity contribution in [3.63, 3.8) is 0 Å². The maximum Gasteiger partial charge on any atom is 0.261 e. The third kappa shape index (κ3) is 6.03. The summed E-state index contributed by atoms with van der Waals surface area (Å²) in [4.78, 5) is 13.6. The molecule has 0 spiro atoms. The Morgan fingerprint density at radius 3 is 2.10 bits per heavy atom. The van der Waals surface area contributed by atoms with Gasteiger partial charge in [0.05, 0.1) is 15.8 Å². The van der Waals surface area contributed by atoms with Crippen LogP contribution in [0.5, 0.6) is 0 Å². The molecule has 0 radical (unpaired) electrons. The molecule has 0 bridgehead atoms. The maximum atomic E-state index is 12.8. The Kier molecular flexibility index (Phi) is 7.30. The van der Waals surface area contributed by atoms with Gasteiger partial charge in [-0.25, -0.2) is 8.42 Å². The molecule has 3 rings (SSSR count).